The Hall–Kier alpha value is -3.02. The van der Waals surface area contributed by atoms with Gasteiger partial charge in [-0.3, -0.25) is 14.9 Å². The zero-order valence-corrected chi connectivity index (χ0v) is 11.6. The average Bonchev–Trinajstić information content (AvgIpc) is 2.85. The Bertz CT molecular complexity index is 915. The van der Waals surface area contributed by atoms with Gasteiger partial charge in [-0.1, -0.05) is 12.1 Å². The average molecular weight is 298 g/mol. The number of hydrogen-bond acceptors (Lipinski definition) is 3. The van der Waals surface area contributed by atoms with Gasteiger partial charge in [-0.15, -0.1) is 0 Å². The molecule has 3 aromatic rings. The predicted molar refractivity (Wildman–Crippen MR) is 80.5 cm³/mol. The minimum absolute atomic E-state index is 0.144. The van der Waals surface area contributed by atoms with E-state index < -0.39 is 10.7 Å². The Balaban J connectivity index is 2.40. The van der Waals surface area contributed by atoms with E-state index in [1.807, 2.05) is 0 Å². The highest BCUT2D eigenvalue weighted by molar-refractivity contribution is 6.05. The number of nitrogens with zero attached hydrogens (tertiary/aromatic N) is 1. The van der Waals surface area contributed by atoms with Crippen LogP contribution in [0.15, 0.2) is 36.4 Å². The topological polar surface area (TPSA) is 76.0 Å². The maximum absolute atomic E-state index is 14.1. The molecule has 1 aromatic heterocycles. The molecule has 0 atom stereocenters. The summed E-state index contributed by atoms with van der Waals surface area (Å²) in [5, 5.41) is 11.6. The van der Waals surface area contributed by atoms with Crippen LogP contribution in [0.4, 0.5) is 10.1 Å². The first kappa shape index (κ1) is 13.9. The van der Waals surface area contributed by atoms with Crippen molar-refractivity contribution in [3.8, 4) is 11.3 Å². The number of benzene rings is 2. The molecule has 2 aromatic carbocycles. The van der Waals surface area contributed by atoms with Gasteiger partial charge in [-0.2, -0.15) is 0 Å². The smallest absolute Gasteiger partial charge is 0.278 e. The Morgan fingerprint density at radius 1 is 1.27 bits per heavy atom. The number of aryl methyl sites for hydroxylation is 1. The summed E-state index contributed by atoms with van der Waals surface area (Å²) in [4.78, 5) is 24.9. The van der Waals surface area contributed by atoms with Gasteiger partial charge in [0, 0.05) is 17.0 Å². The van der Waals surface area contributed by atoms with Gasteiger partial charge in [0.25, 0.3) is 5.69 Å². The molecule has 1 N–H and O–H groups in total. The molecule has 0 saturated heterocycles. The second kappa shape index (κ2) is 5.07. The van der Waals surface area contributed by atoms with Crippen molar-refractivity contribution >= 4 is 22.9 Å². The molecule has 0 fully saturated rings. The number of aromatic nitrogens is 1. The summed E-state index contributed by atoms with van der Waals surface area (Å²) < 4.78 is 14.1. The van der Waals surface area contributed by atoms with E-state index >= 15 is 0 Å². The van der Waals surface area contributed by atoms with Crippen LogP contribution in [0.5, 0.6) is 0 Å². The molecule has 3 rings (SSSR count). The van der Waals surface area contributed by atoms with Crippen LogP contribution >= 0.6 is 0 Å². The van der Waals surface area contributed by atoms with Gasteiger partial charge in [0.1, 0.15) is 5.82 Å². The number of nitro benzene ring substituents is 1. The molecule has 0 aliphatic carbocycles. The number of carbonyl (C=O) groups excluding carboxylic acids is 1. The zero-order chi connectivity index (χ0) is 15.9. The van der Waals surface area contributed by atoms with Gasteiger partial charge in [-0.05, 0) is 30.7 Å². The van der Waals surface area contributed by atoms with E-state index in [1.54, 1.807) is 19.1 Å². The van der Waals surface area contributed by atoms with E-state index in [0.717, 1.165) is 0 Å². The van der Waals surface area contributed by atoms with Crippen LogP contribution in [0.1, 0.15) is 15.9 Å². The van der Waals surface area contributed by atoms with Crippen LogP contribution in [0.2, 0.25) is 0 Å². The zero-order valence-electron chi connectivity index (χ0n) is 11.6. The summed E-state index contributed by atoms with van der Waals surface area (Å²) in [7, 11) is 0. The van der Waals surface area contributed by atoms with Crippen LogP contribution in [-0.4, -0.2) is 16.2 Å². The maximum atomic E-state index is 14.1. The number of H-pyrrole nitrogens is 1. The van der Waals surface area contributed by atoms with Gasteiger partial charge in [0.05, 0.1) is 21.7 Å². The second-order valence-corrected chi connectivity index (χ2v) is 4.98. The van der Waals surface area contributed by atoms with Crippen molar-refractivity contribution in [2.75, 3.05) is 0 Å². The largest absolute Gasteiger partial charge is 0.351 e. The number of rotatable bonds is 3. The Kier molecular flexibility index (Phi) is 3.21. The molecule has 0 amide bonds. The predicted octanol–water partition coefficient (Wildman–Crippen LogP) is 4.00. The molecule has 0 aliphatic rings. The fraction of sp³-hybridized carbons (Fsp3) is 0.0625. The molecule has 0 spiro atoms. The first-order valence-corrected chi connectivity index (χ1v) is 6.53. The van der Waals surface area contributed by atoms with Crippen molar-refractivity contribution in [2.24, 2.45) is 0 Å². The van der Waals surface area contributed by atoms with Crippen LogP contribution < -0.4 is 0 Å². The third kappa shape index (κ3) is 2.05. The van der Waals surface area contributed by atoms with Crippen LogP contribution in [-0.2, 0) is 0 Å². The first-order valence-electron chi connectivity index (χ1n) is 6.53. The van der Waals surface area contributed by atoms with Gasteiger partial charge < -0.3 is 4.98 Å². The van der Waals surface area contributed by atoms with Crippen LogP contribution in [0.3, 0.4) is 0 Å². The number of para-hydroxylation sites is 1. The Labute approximate surface area is 124 Å². The van der Waals surface area contributed by atoms with E-state index in [2.05, 4.69) is 4.98 Å². The lowest BCUT2D eigenvalue weighted by molar-refractivity contribution is -0.384. The molecule has 6 heteroatoms. The van der Waals surface area contributed by atoms with Crippen molar-refractivity contribution in [3.05, 3.63) is 63.5 Å². The van der Waals surface area contributed by atoms with Gasteiger partial charge >= 0.3 is 0 Å². The lowest BCUT2D eigenvalue weighted by Gasteiger charge is -2.01. The van der Waals surface area contributed by atoms with Crippen molar-refractivity contribution in [1.82, 2.24) is 4.98 Å². The SMILES string of the molecule is Cc1cc(F)c2[nH]c(-c3ccccc3[N+](=O)[O-])c(C=O)c2c1. The highest BCUT2D eigenvalue weighted by atomic mass is 19.1. The van der Waals surface area contributed by atoms with Crippen molar-refractivity contribution in [1.29, 1.82) is 0 Å². The van der Waals surface area contributed by atoms with Crippen molar-refractivity contribution in [2.45, 2.75) is 6.92 Å². The monoisotopic (exact) mass is 298 g/mol. The van der Waals surface area contributed by atoms with Crippen molar-refractivity contribution in [3.63, 3.8) is 0 Å². The van der Waals surface area contributed by atoms with Gasteiger partial charge in [-0.25, -0.2) is 4.39 Å². The number of aromatic amines is 1. The normalized spacial score (nSPS) is 10.8. The third-order valence-corrected chi connectivity index (χ3v) is 3.53. The quantitative estimate of drug-likeness (QED) is 0.451. The number of fused-ring (bicyclic) bond motifs is 1. The lowest BCUT2D eigenvalue weighted by Crippen LogP contribution is -1.93. The van der Waals surface area contributed by atoms with Crippen LogP contribution in [0.25, 0.3) is 22.2 Å². The first-order chi connectivity index (χ1) is 10.5. The molecule has 0 aliphatic heterocycles. The second-order valence-electron chi connectivity index (χ2n) is 4.98. The summed E-state index contributed by atoms with van der Waals surface area (Å²) in [6.07, 6.45) is 0.587. The molecule has 110 valence electrons. The molecule has 0 saturated carbocycles. The molecule has 22 heavy (non-hydrogen) atoms. The Morgan fingerprint density at radius 3 is 2.68 bits per heavy atom. The summed E-state index contributed by atoms with van der Waals surface area (Å²) >= 11 is 0. The van der Waals surface area contributed by atoms with Gasteiger partial charge in [0.15, 0.2) is 6.29 Å². The fourth-order valence-electron chi connectivity index (χ4n) is 2.59. The number of nitro groups is 1. The number of aldehydes is 1. The number of carbonyl (C=O) groups is 1. The number of halogens is 1. The lowest BCUT2D eigenvalue weighted by atomic mass is 10.0. The molecule has 0 radical (unpaired) electrons. The number of hydrogen-bond donors (Lipinski definition) is 1. The summed E-state index contributed by atoms with van der Waals surface area (Å²) in [6, 6.07) is 9.06. The minimum atomic E-state index is -0.531. The molecular weight excluding hydrogens is 287 g/mol. The van der Waals surface area contributed by atoms with Crippen LogP contribution in [0, 0.1) is 22.9 Å². The highest BCUT2D eigenvalue weighted by Gasteiger charge is 2.21. The van der Waals surface area contributed by atoms with Gasteiger partial charge in [0.2, 0.25) is 0 Å². The molecule has 0 bridgehead atoms. The molecule has 1 heterocycles. The van der Waals surface area contributed by atoms with E-state index in [4.69, 9.17) is 0 Å². The fourth-order valence-corrected chi connectivity index (χ4v) is 2.59. The highest BCUT2D eigenvalue weighted by Crippen LogP contribution is 2.35. The maximum Gasteiger partial charge on any atom is 0.278 e. The summed E-state index contributed by atoms with van der Waals surface area (Å²) in [5.74, 6) is -0.497. The summed E-state index contributed by atoms with van der Waals surface area (Å²) in [5.41, 5.74) is 1.41. The standard InChI is InChI=1S/C16H11FN2O3/c1-9-6-11-12(8-20)15(18-16(11)13(17)7-9)10-4-2-3-5-14(10)19(21)22/h2-8,18H,1H3. The van der Waals surface area contributed by atoms with E-state index in [9.17, 15) is 19.3 Å². The summed E-state index contributed by atoms with van der Waals surface area (Å²) in [6.45, 7) is 1.72. The van der Waals surface area contributed by atoms with E-state index in [-0.39, 0.29) is 28.0 Å². The minimum Gasteiger partial charge on any atom is -0.351 e. The third-order valence-electron chi connectivity index (χ3n) is 3.53. The number of nitrogens with one attached hydrogen (secondary N) is 1. The Morgan fingerprint density at radius 2 is 2.00 bits per heavy atom. The molecule has 5 nitrogen and oxygen atoms in total. The van der Waals surface area contributed by atoms with E-state index in [0.29, 0.717) is 17.2 Å². The molecule has 0 unspecified atom stereocenters. The van der Waals surface area contributed by atoms with Crippen molar-refractivity contribution < 1.29 is 14.1 Å². The van der Waals surface area contributed by atoms with E-state index in [1.165, 1.54) is 24.3 Å². The molecular formula is C16H11FN2O3.